The number of fused-ring (bicyclic) bond motifs is 7. The molecule has 0 N–H and O–H groups in total. The number of benzene rings is 1. The fourth-order valence-electron chi connectivity index (χ4n) is 2.52. The van der Waals surface area contributed by atoms with Crippen LogP contribution in [0, 0.1) is 0 Å². The molecule has 2 unspecified atom stereocenters. The maximum atomic E-state index is 5.80. The molecule has 1 aromatic carbocycles. The minimum Gasteiger partial charge on any atom is -0.357 e. The average molecular weight is 195 g/mol. The van der Waals surface area contributed by atoms with E-state index in [-0.39, 0.29) is 12.2 Å². The Balaban J connectivity index is 2.15. The van der Waals surface area contributed by atoms with Gasteiger partial charge in [-0.15, -0.1) is 0 Å². The van der Waals surface area contributed by atoms with Crippen LogP contribution in [0.5, 0.6) is 0 Å². The van der Waals surface area contributed by atoms with Crippen LogP contribution in [-0.4, -0.2) is 4.98 Å². The van der Waals surface area contributed by atoms with Crippen molar-refractivity contribution < 1.29 is 4.74 Å². The number of ether oxygens (including phenoxy) is 1. The molecular weight excluding hydrogens is 186 g/mol. The van der Waals surface area contributed by atoms with Crippen LogP contribution in [0.1, 0.15) is 23.3 Å². The van der Waals surface area contributed by atoms with Crippen LogP contribution in [0.3, 0.4) is 0 Å². The molecule has 2 heteroatoms. The van der Waals surface area contributed by atoms with Crippen molar-refractivity contribution in [2.24, 2.45) is 0 Å². The first-order chi connectivity index (χ1) is 7.43. The summed E-state index contributed by atoms with van der Waals surface area (Å²) in [6, 6.07) is 8.35. The Morgan fingerprint density at radius 2 is 2.00 bits per heavy atom. The van der Waals surface area contributed by atoms with E-state index in [2.05, 4.69) is 35.3 Å². The fraction of sp³-hybridized carbons (Fsp3) is 0.154. The summed E-state index contributed by atoms with van der Waals surface area (Å²) in [5.74, 6) is 0. The van der Waals surface area contributed by atoms with Gasteiger partial charge in [0.05, 0.1) is 5.52 Å². The summed E-state index contributed by atoms with van der Waals surface area (Å²) in [5, 5.41) is 1.20. The summed E-state index contributed by atoms with van der Waals surface area (Å²) in [4.78, 5) is 4.46. The molecule has 2 atom stereocenters. The lowest BCUT2D eigenvalue weighted by atomic mass is 9.94. The van der Waals surface area contributed by atoms with Crippen LogP contribution in [0.2, 0.25) is 0 Å². The molecule has 3 heterocycles. The monoisotopic (exact) mass is 195 g/mol. The van der Waals surface area contributed by atoms with Gasteiger partial charge in [-0.1, -0.05) is 30.4 Å². The van der Waals surface area contributed by atoms with Gasteiger partial charge < -0.3 is 4.74 Å². The standard InChI is InChI=1S/C13H9NO/c1-2-8-3-4-9-10-5-6-11(15-10)12(9)13(8)14-7-1/h1-7,10-11H. The molecule has 2 nitrogen and oxygen atoms in total. The van der Waals surface area contributed by atoms with Gasteiger partial charge in [-0.3, -0.25) is 4.98 Å². The van der Waals surface area contributed by atoms with Gasteiger partial charge in [0.1, 0.15) is 12.2 Å². The van der Waals surface area contributed by atoms with Gasteiger partial charge in [-0.05, 0) is 11.6 Å². The van der Waals surface area contributed by atoms with Crippen molar-refractivity contribution in [1.29, 1.82) is 0 Å². The van der Waals surface area contributed by atoms with E-state index in [1.807, 2.05) is 12.3 Å². The van der Waals surface area contributed by atoms with Gasteiger partial charge in [0.2, 0.25) is 0 Å². The Labute approximate surface area is 87.2 Å². The molecule has 4 rings (SSSR count). The van der Waals surface area contributed by atoms with Gasteiger partial charge >= 0.3 is 0 Å². The van der Waals surface area contributed by atoms with Crippen LogP contribution in [-0.2, 0) is 4.74 Å². The molecule has 0 amide bonds. The molecule has 0 saturated heterocycles. The molecule has 2 aliphatic heterocycles. The first-order valence-corrected chi connectivity index (χ1v) is 5.15. The zero-order chi connectivity index (χ0) is 9.83. The third kappa shape index (κ3) is 0.851. The number of pyridine rings is 1. The topological polar surface area (TPSA) is 22.1 Å². The lowest BCUT2D eigenvalue weighted by Crippen LogP contribution is -1.95. The highest BCUT2D eigenvalue weighted by atomic mass is 16.5. The Kier molecular flexibility index (Phi) is 1.25. The fourth-order valence-corrected chi connectivity index (χ4v) is 2.52. The normalized spacial score (nSPS) is 26.1. The second-order valence-electron chi connectivity index (χ2n) is 4.01. The first-order valence-electron chi connectivity index (χ1n) is 5.15. The van der Waals surface area contributed by atoms with E-state index in [1.165, 1.54) is 16.5 Å². The largest absolute Gasteiger partial charge is 0.357 e. The zero-order valence-corrected chi connectivity index (χ0v) is 8.05. The number of rotatable bonds is 0. The summed E-state index contributed by atoms with van der Waals surface area (Å²) in [6.07, 6.45) is 6.39. The smallest absolute Gasteiger partial charge is 0.104 e. The van der Waals surface area contributed by atoms with Crippen molar-refractivity contribution >= 4 is 10.9 Å². The van der Waals surface area contributed by atoms with E-state index in [9.17, 15) is 0 Å². The van der Waals surface area contributed by atoms with E-state index in [1.54, 1.807) is 0 Å². The zero-order valence-electron chi connectivity index (χ0n) is 8.05. The first kappa shape index (κ1) is 7.60. The Hall–Kier alpha value is -1.67. The van der Waals surface area contributed by atoms with Crippen molar-refractivity contribution in [2.75, 3.05) is 0 Å². The summed E-state index contributed by atoms with van der Waals surface area (Å²) >= 11 is 0. The lowest BCUT2D eigenvalue weighted by Gasteiger charge is -2.09. The van der Waals surface area contributed by atoms with Crippen LogP contribution in [0.15, 0.2) is 42.6 Å². The molecule has 0 fully saturated rings. The van der Waals surface area contributed by atoms with Crippen LogP contribution < -0.4 is 0 Å². The quantitative estimate of drug-likeness (QED) is 0.603. The third-order valence-electron chi connectivity index (χ3n) is 3.19. The SMILES string of the molecule is C1=CC2OC1c1ccc3cccnc3c12. The summed E-state index contributed by atoms with van der Waals surface area (Å²) in [6.45, 7) is 0. The predicted molar refractivity (Wildman–Crippen MR) is 57.5 cm³/mol. The maximum absolute atomic E-state index is 5.80. The highest BCUT2D eigenvalue weighted by molar-refractivity contribution is 5.84. The van der Waals surface area contributed by atoms with Crippen LogP contribution in [0.25, 0.3) is 10.9 Å². The van der Waals surface area contributed by atoms with Crippen molar-refractivity contribution in [2.45, 2.75) is 12.2 Å². The predicted octanol–water partition coefficient (Wildman–Crippen LogP) is 2.92. The van der Waals surface area contributed by atoms with Crippen LogP contribution >= 0.6 is 0 Å². The molecule has 2 bridgehead atoms. The van der Waals surface area contributed by atoms with Crippen molar-refractivity contribution in [3.05, 3.63) is 53.7 Å². The molecule has 2 aliphatic rings. The van der Waals surface area contributed by atoms with E-state index in [0.717, 1.165) is 5.52 Å². The van der Waals surface area contributed by atoms with Crippen LogP contribution in [0.4, 0.5) is 0 Å². The average Bonchev–Trinajstić information content (AvgIpc) is 2.89. The molecule has 0 spiro atoms. The molecule has 72 valence electrons. The van der Waals surface area contributed by atoms with E-state index >= 15 is 0 Å². The molecule has 2 aromatic rings. The number of hydrogen-bond acceptors (Lipinski definition) is 2. The molecule has 0 saturated carbocycles. The molecule has 0 aliphatic carbocycles. The Morgan fingerprint density at radius 3 is 3.00 bits per heavy atom. The summed E-state index contributed by atoms with van der Waals surface area (Å²) in [5.41, 5.74) is 3.64. The third-order valence-corrected chi connectivity index (χ3v) is 3.19. The van der Waals surface area contributed by atoms with Gasteiger partial charge in [0.25, 0.3) is 0 Å². The van der Waals surface area contributed by atoms with E-state index < -0.39 is 0 Å². The molecular formula is C13H9NO. The van der Waals surface area contributed by atoms with Gasteiger partial charge in [0.15, 0.2) is 0 Å². The number of hydrogen-bond donors (Lipinski definition) is 0. The number of aromatic nitrogens is 1. The highest BCUT2D eigenvalue weighted by Crippen LogP contribution is 2.47. The maximum Gasteiger partial charge on any atom is 0.104 e. The minimum atomic E-state index is 0.128. The lowest BCUT2D eigenvalue weighted by molar-refractivity contribution is 0.0882. The Bertz CT molecular complexity index is 588. The number of nitrogens with zero attached hydrogens (tertiary/aromatic N) is 1. The van der Waals surface area contributed by atoms with Crippen molar-refractivity contribution in [3.63, 3.8) is 0 Å². The Morgan fingerprint density at radius 1 is 1.07 bits per heavy atom. The van der Waals surface area contributed by atoms with E-state index in [0.29, 0.717) is 0 Å². The highest BCUT2D eigenvalue weighted by Gasteiger charge is 2.35. The minimum absolute atomic E-state index is 0.128. The van der Waals surface area contributed by atoms with Crippen molar-refractivity contribution in [1.82, 2.24) is 4.98 Å². The van der Waals surface area contributed by atoms with E-state index in [4.69, 9.17) is 4.74 Å². The van der Waals surface area contributed by atoms with Gasteiger partial charge in [0, 0.05) is 17.1 Å². The summed E-state index contributed by atoms with van der Waals surface area (Å²) < 4.78 is 5.80. The van der Waals surface area contributed by atoms with Gasteiger partial charge in [-0.25, -0.2) is 0 Å². The second-order valence-corrected chi connectivity index (χ2v) is 4.01. The van der Waals surface area contributed by atoms with Crippen molar-refractivity contribution in [3.8, 4) is 0 Å². The molecule has 15 heavy (non-hydrogen) atoms. The van der Waals surface area contributed by atoms with Gasteiger partial charge in [-0.2, -0.15) is 0 Å². The molecule has 1 aromatic heterocycles. The summed E-state index contributed by atoms with van der Waals surface area (Å²) in [7, 11) is 0. The molecule has 0 radical (unpaired) electrons. The second kappa shape index (κ2) is 2.47.